The average Bonchev–Trinajstić information content (AvgIpc) is 3.65. The molecule has 0 bridgehead atoms. The summed E-state index contributed by atoms with van der Waals surface area (Å²) < 4.78 is 22.4. The van der Waals surface area contributed by atoms with Crippen molar-refractivity contribution >= 4 is 45.4 Å². The van der Waals surface area contributed by atoms with Gasteiger partial charge in [0.1, 0.15) is 34.5 Å². The van der Waals surface area contributed by atoms with Crippen molar-refractivity contribution in [2.24, 2.45) is 5.41 Å². The minimum absolute atomic E-state index is 0.0284. The molecule has 0 fully saturated rings. The van der Waals surface area contributed by atoms with Gasteiger partial charge >= 0.3 is 0 Å². The third kappa shape index (κ3) is 3.40. The highest BCUT2D eigenvalue weighted by molar-refractivity contribution is 6.99. The van der Waals surface area contributed by atoms with E-state index in [1.165, 1.54) is 27.9 Å². The summed E-state index contributed by atoms with van der Waals surface area (Å²) >= 11 is 0. The molecule has 246 valence electrons. The van der Waals surface area contributed by atoms with E-state index in [0.717, 1.165) is 74.2 Å². The van der Waals surface area contributed by atoms with Crippen molar-refractivity contribution in [1.82, 2.24) is 4.57 Å². The van der Waals surface area contributed by atoms with Gasteiger partial charge in [-0.25, -0.2) is 0 Å². The lowest BCUT2D eigenvalue weighted by atomic mass is 9.34. The van der Waals surface area contributed by atoms with Gasteiger partial charge < -0.3 is 23.7 Å². The fourth-order valence-corrected chi connectivity index (χ4v) is 10.1. The Labute approximate surface area is 301 Å². The molecule has 1 aromatic heterocycles. The van der Waals surface area contributed by atoms with E-state index < -0.39 is 0 Å². The second-order valence-corrected chi connectivity index (χ2v) is 15.0. The summed E-state index contributed by atoms with van der Waals surface area (Å²) in [5.41, 5.74) is 12.2. The third-order valence-corrected chi connectivity index (χ3v) is 12.2. The van der Waals surface area contributed by atoms with Crippen LogP contribution in [-0.2, 0) is 0 Å². The van der Waals surface area contributed by atoms with Gasteiger partial charge in [-0.1, -0.05) is 61.6 Å². The lowest BCUT2D eigenvalue weighted by Crippen LogP contribution is -2.59. The first-order valence-corrected chi connectivity index (χ1v) is 18.0. The van der Waals surface area contributed by atoms with E-state index in [1.54, 1.807) is 0 Å². The molecule has 4 aliphatic heterocycles. The molecule has 0 amide bonds. The van der Waals surface area contributed by atoms with E-state index in [2.05, 4.69) is 102 Å². The number of fused-ring (bicyclic) bond motifs is 6. The van der Waals surface area contributed by atoms with E-state index in [4.69, 9.17) is 14.2 Å². The number of benzene rings is 5. The number of hydrogen-bond acceptors (Lipinski definition) is 5. The van der Waals surface area contributed by atoms with E-state index in [0.29, 0.717) is 5.56 Å². The maximum absolute atomic E-state index is 9.62. The Hall–Kier alpha value is -6.39. The fourth-order valence-electron chi connectivity index (χ4n) is 10.1. The molecule has 0 spiro atoms. The first kappa shape index (κ1) is 28.3. The quantitative estimate of drug-likeness (QED) is 0.173. The van der Waals surface area contributed by atoms with Crippen molar-refractivity contribution in [3.63, 3.8) is 0 Å². The Bertz CT molecular complexity index is 2690. The summed E-state index contributed by atoms with van der Waals surface area (Å²) in [6, 6.07) is 35.9. The molecule has 12 rings (SSSR count). The van der Waals surface area contributed by atoms with Crippen LogP contribution in [0.3, 0.4) is 0 Å². The summed E-state index contributed by atoms with van der Waals surface area (Å²) in [4.78, 5) is 2.52. The maximum Gasteiger partial charge on any atom is 0.270 e. The number of ether oxygens (including phenoxy) is 3. The number of hydrogen-bond donors (Lipinski definition) is 0. The molecule has 3 atom stereocenters. The Morgan fingerprint density at radius 3 is 2.06 bits per heavy atom. The van der Waals surface area contributed by atoms with Gasteiger partial charge in [-0.05, 0) is 73.5 Å². The van der Waals surface area contributed by atoms with Gasteiger partial charge in [-0.3, -0.25) is 0 Å². The van der Waals surface area contributed by atoms with Crippen molar-refractivity contribution in [3.8, 4) is 46.3 Å². The molecule has 7 heteroatoms. The molecule has 0 N–H and O–H groups in total. The number of para-hydroxylation sites is 1. The number of nitrogens with zero attached hydrogens (tertiary/aromatic N) is 3. The first-order valence-electron chi connectivity index (χ1n) is 18.0. The SMILES string of the molecule is CC1CC2=C(c3c1n(-c1cc4c5c(c1)Oc1cccc6c1B5c1c(cccc1O4)O6)c1ccccc31)N(c1ccc(C#N)cc1)C1C=CC=CC21C. The normalized spacial score (nSPS) is 21.8. The van der Waals surface area contributed by atoms with Crippen LogP contribution in [0.1, 0.15) is 43.0 Å². The monoisotopic (exact) mass is 671 g/mol. The summed E-state index contributed by atoms with van der Waals surface area (Å²) in [6.07, 6.45) is 10.0. The van der Waals surface area contributed by atoms with Crippen LogP contribution in [0.25, 0.3) is 22.3 Å². The number of aromatic nitrogens is 1. The average molecular weight is 672 g/mol. The van der Waals surface area contributed by atoms with Crippen LogP contribution < -0.4 is 35.5 Å². The van der Waals surface area contributed by atoms with Crippen LogP contribution in [0.15, 0.2) is 127 Å². The van der Waals surface area contributed by atoms with Crippen LogP contribution in [0, 0.1) is 16.7 Å². The number of rotatable bonds is 2. The summed E-state index contributed by atoms with van der Waals surface area (Å²) in [6.45, 7) is 4.73. The Morgan fingerprint density at radius 2 is 1.38 bits per heavy atom. The first-order chi connectivity index (χ1) is 25.5. The Morgan fingerprint density at radius 1 is 0.750 bits per heavy atom. The standard InChI is InChI=1S/C45H30BN3O3/c1-25-21-30-44(49(27-18-16-26(24-47)17-19-27)38-15-5-6-20-45(30,38)2)39-29-9-3-4-10-31(29)48(43(25)39)28-22-36-42-37(23-28)52-35-14-8-12-33-41(35)46(42)40-32(50-33)11-7-13-34(40)51-36/h3-20,22-23,25,38H,21H2,1-2H3. The van der Waals surface area contributed by atoms with E-state index in [1.807, 2.05) is 48.5 Å². The predicted molar refractivity (Wildman–Crippen MR) is 205 cm³/mol. The molecule has 6 aliphatic rings. The topological polar surface area (TPSA) is 59.7 Å². The van der Waals surface area contributed by atoms with E-state index >= 15 is 0 Å². The molecule has 5 aromatic carbocycles. The second kappa shape index (κ2) is 9.68. The molecule has 0 saturated carbocycles. The van der Waals surface area contributed by atoms with Gasteiger partial charge in [-0.15, -0.1) is 0 Å². The minimum Gasteiger partial charge on any atom is -0.458 e. The van der Waals surface area contributed by atoms with Crippen LogP contribution in [-0.4, -0.2) is 17.3 Å². The zero-order valence-electron chi connectivity index (χ0n) is 28.6. The van der Waals surface area contributed by atoms with Gasteiger partial charge in [0.25, 0.3) is 6.71 Å². The largest absolute Gasteiger partial charge is 0.458 e. The van der Waals surface area contributed by atoms with Crippen LogP contribution >= 0.6 is 0 Å². The summed E-state index contributed by atoms with van der Waals surface area (Å²) in [7, 11) is 0. The molecule has 5 heterocycles. The lowest BCUT2D eigenvalue weighted by molar-refractivity contribution is 0.442. The Kier molecular flexibility index (Phi) is 5.28. The highest BCUT2D eigenvalue weighted by Gasteiger charge is 2.52. The number of allylic oxidation sites excluding steroid dienone is 2. The minimum atomic E-state index is -0.174. The molecule has 6 nitrogen and oxygen atoms in total. The van der Waals surface area contributed by atoms with Crippen molar-refractivity contribution in [3.05, 3.63) is 144 Å². The highest BCUT2D eigenvalue weighted by atomic mass is 16.5. The predicted octanol–water partition coefficient (Wildman–Crippen LogP) is 8.57. The van der Waals surface area contributed by atoms with Gasteiger partial charge in [0, 0.05) is 62.2 Å². The van der Waals surface area contributed by atoms with Crippen molar-refractivity contribution in [1.29, 1.82) is 5.26 Å². The molecule has 52 heavy (non-hydrogen) atoms. The Balaban J connectivity index is 1.12. The van der Waals surface area contributed by atoms with Crippen molar-refractivity contribution in [2.75, 3.05) is 4.90 Å². The molecule has 3 unspecified atom stereocenters. The van der Waals surface area contributed by atoms with Crippen LogP contribution in [0.2, 0.25) is 0 Å². The molecule has 0 radical (unpaired) electrons. The second-order valence-electron chi connectivity index (χ2n) is 15.0. The maximum atomic E-state index is 9.62. The zero-order valence-corrected chi connectivity index (χ0v) is 28.6. The van der Waals surface area contributed by atoms with Crippen molar-refractivity contribution < 1.29 is 14.2 Å². The van der Waals surface area contributed by atoms with E-state index in [9.17, 15) is 5.26 Å². The molecule has 2 aliphatic carbocycles. The molecule has 0 saturated heterocycles. The van der Waals surface area contributed by atoms with Crippen LogP contribution in [0.5, 0.6) is 34.5 Å². The highest BCUT2D eigenvalue weighted by Crippen LogP contribution is 2.60. The zero-order chi connectivity index (χ0) is 34.5. The van der Waals surface area contributed by atoms with Crippen molar-refractivity contribution in [2.45, 2.75) is 32.2 Å². The van der Waals surface area contributed by atoms with Gasteiger partial charge in [-0.2, -0.15) is 5.26 Å². The van der Waals surface area contributed by atoms with Gasteiger partial charge in [0.2, 0.25) is 0 Å². The number of nitriles is 1. The summed E-state index contributed by atoms with van der Waals surface area (Å²) in [5, 5.41) is 10.8. The smallest absolute Gasteiger partial charge is 0.270 e. The fraction of sp³-hybridized carbons (Fsp3) is 0.133. The van der Waals surface area contributed by atoms with Gasteiger partial charge in [0.15, 0.2) is 0 Å². The molecular formula is C45H30BN3O3. The molecular weight excluding hydrogens is 641 g/mol. The van der Waals surface area contributed by atoms with Crippen LogP contribution in [0.4, 0.5) is 5.69 Å². The molecule has 6 aromatic rings. The third-order valence-electron chi connectivity index (χ3n) is 12.2. The number of anilines is 1. The van der Waals surface area contributed by atoms with E-state index in [-0.39, 0.29) is 24.1 Å². The lowest BCUT2D eigenvalue weighted by Gasteiger charge is -2.37. The van der Waals surface area contributed by atoms with Gasteiger partial charge in [0.05, 0.1) is 34.6 Å². The summed E-state index contributed by atoms with van der Waals surface area (Å²) in [5.74, 6) is 5.17.